The van der Waals surface area contributed by atoms with Crippen LogP contribution in [0.25, 0.3) is 0 Å². The summed E-state index contributed by atoms with van der Waals surface area (Å²) >= 11 is 0. The van der Waals surface area contributed by atoms with Crippen LogP contribution in [-0.4, -0.2) is 50.6 Å². The van der Waals surface area contributed by atoms with Crippen molar-refractivity contribution in [2.75, 3.05) is 44.7 Å². The van der Waals surface area contributed by atoms with Gasteiger partial charge in [-0.1, -0.05) is 17.7 Å². The zero-order valence-corrected chi connectivity index (χ0v) is 12.1. The van der Waals surface area contributed by atoms with Gasteiger partial charge in [-0.3, -0.25) is 4.79 Å². The molecule has 0 atom stereocenters. The number of anilines is 1. The third kappa shape index (κ3) is 3.47. The first-order chi connectivity index (χ1) is 9.08. The third-order valence-corrected chi connectivity index (χ3v) is 3.61. The fourth-order valence-electron chi connectivity index (χ4n) is 2.54. The van der Waals surface area contributed by atoms with Gasteiger partial charge in [0.05, 0.1) is 6.54 Å². The molecule has 1 aromatic carbocycles. The Morgan fingerprint density at radius 2 is 2.00 bits per heavy atom. The van der Waals surface area contributed by atoms with Crippen LogP contribution in [0.5, 0.6) is 0 Å². The summed E-state index contributed by atoms with van der Waals surface area (Å²) in [6.07, 6.45) is 0. The first-order valence-electron chi connectivity index (χ1n) is 6.85. The van der Waals surface area contributed by atoms with Crippen molar-refractivity contribution in [2.45, 2.75) is 13.8 Å². The van der Waals surface area contributed by atoms with Gasteiger partial charge in [0, 0.05) is 38.9 Å². The molecule has 2 rings (SSSR count). The highest BCUT2D eigenvalue weighted by atomic mass is 16.2. The van der Waals surface area contributed by atoms with Crippen LogP contribution >= 0.6 is 0 Å². The quantitative estimate of drug-likeness (QED) is 0.887. The van der Waals surface area contributed by atoms with Gasteiger partial charge in [0.1, 0.15) is 0 Å². The van der Waals surface area contributed by atoms with E-state index < -0.39 is 0 Å². The normalized spacial score (nSPS) is 15.4. The van der Waals surface area contributed by atoms with E-state index in [4.69, 9.17) is 0 Å². The number of carbonyl (C=O) groups is 1. The van der Waals surface area contributed by atoms with Crippen molar-refractivity contribution in [3.05, 3.63) is 29.3 Å². The van der Waals surface area contributed by atoms with Crippen molar-refractivity contribution >= 4 is 11.6 Å². The van der Waals surface area contributed by atoms with Crippen LogP contribution in [0.1, 0.15) is 11.1 Å². The number of nitrogens with one attached hydrogen (secondary N) is 1. The zero-order chi connectivity index (χ0) is 13.8. The highest BCUT2D eigenvalue weighted by Crippen LogP contribution is 2.19. The third-order valence-electron chi connectivity index (χ3n) is 3.61. The Labute approximate surface area is 115 Å². The van der Waals surface area contributed by atoms with Crippen LogP contribution in [0.3, 0.4) is 0 Å². The Hall–Kier alpha value is -1.55. The molecule has 1 saturated heterocycles. The van der Waals surface area contributed by atoms with Crippen LogP contribution < -0.4 is 10.2 Å². The maximum Gasteiger partial charge on any atom is 0.242 e. The van der Waals surface area contributed by atoms with Crippen LogP contribution in [-0.2, 0) is 4.79 Å². The number of rotatable bonds is 3. The summed E-state index contributed by atoms with van der Waals surface area (Å²) in [5, 5.41) is 3.26. The summed E-state index contributed by atoms with van der Waals surface area (Å²) in [6.45, 7) is 8.07. The number of amides is 1. The minimum absolute atomic E-state index is 0.212. The van der Waals surface area contributed by atoms with Gasteiger partial charge in [-0.25, -0.2) is 0 Å². The molecule has 0 aliphatic carbocycles. The first kappa shape index (κ1) is 13.9. The Bertz CT molecular complexity index is 453. The van der Waals surface area contributed by atoms with Gasteiger partial charge < -0.3 is 15.1 Å². The monoisotopic (exact) mass is 261 g/mol. The van der Waals surface area contributed by atoms with Gasteiger partial charge in [-0.2, -0.15) is 0 Å². The fraction of sp³-hybridized carbons (Fsp3) is 0.533. The number of hydrogen-bond acceptors (Lipinski definition) is 3. The number of nitrogens with zero attached hydrogens (tertiary/aromatic N) is 2. The molecular formula is C15H23N3O. The number of hydrogen-bond donors (Lipinski definition) is 1. The summed E-state index contributed by atoms with van der Waals surface area (Å²) in [5.41, 5.74) is 3.60. The van der Waals surface area contributed by atoms with Gasteiger partial charge >= 0.3 is 0 Å². The summed E-state index contributed by atoms with van der Waals surface area (Å²) < 4.78 is 0. The molecule has 19 heavy (non-hydrogen) atoms. The van der Waals surface area contributed by atoms with E-state index in [0.717, 1.165) is 31.9 Å². The zero-order valence-electron chi connectivity index (χ0n) is 12.1. The van der Waals surface area contributed by atoms with E-state index in [9.17, 15) is 4.79 Å². The van der Waals surface area contributed by atoms with E-state index in [-0.39, 0.29) is 5.91 Å². The van der Waals surface area contributed by atoms with E-state index in [1.807, 2.05) is 16.8 Å². The van der Waals surface area contributed by atoms with E-state index in [1.165, 1.54) is 11.1 Å². The van der Waals surface area contributed by atoms with Gasteiger partial charge in [-0.15, -0.1) is 0 Å². The van der Waals surface area contributed by atoms with Gasteiger partial charge in [0.15, 0.2) is 0 Å². The molecule has 0 radical (unpaired) electrons. The Morgan fingerprint density at radius 3 is 2.63 bits per heavy atom. The van der Waals surface area contributed by atoms with Crippen molar-refractivity contribution in [1.29, 1.82) is 0 Å². The molecule has 0 unspecified atom stereocenters. The molecule has 1 aromatic rings. The van der Waals surface area contributed by atoms with Crippen molar-refractivity contribution in [1.82, 2.24) is 10.2 Å². The van der Waals surface area contributed by atoms with Crippen LogP contribution in [0, 0.1) is 13.8 Å². The molecule has 4 nitrogen and oxygen atoms in total. The van der Waals surface area contributed by atoms with E-state index in [0.29, 0.717) is 6.54 Å². The van der Waals surface area contributed by atoms with E-state index in [2.05, 4.69) is 37.4 Å². The van der Waals surface area contributed by atoms with Gasteiger partial charge in [0.25, 0.3) is 0 Å². The number of piperazine rings is 1. The Morgan fingerprint density at radius 1 is 1.32 bits per heavy atom. The maximum atomic E-state index is 12.2. The minimum Gasteiger partial charge on any atom is -0.365 e. The molecule has 1 fully saturated rings. The standard InChI is InChI=1S/C15H23N3O/c1-12-4-5-14(13(2)10-12)17(3)11-15(19)18-8-6-16-7-9-18/h4-5,10,16H,6-9,11H2,1-3H3. The lowest BCUT2D eigenvalue weighted by molar-refractivity contribution is -0.130. The van der Waals surface area contributed by atoms with E-state index in [1.54, 1.807) is 0 Å². The second-order valence-corrected chi connectivity index (χ2v) is 5.28. The lowest BCUT2D eigenvalue weighted by atomic mass is 10.1. The second-order valence-electron chi connectivity index (χ2n) is 5.28. The Balaban J connectivity index is 1.99. The average Bonchev–Trinajstić information content (AvgIpc) is 2.39. The largest absolute Gasteiger partial charge is 0.365 e. The fourth-order valence-corrected chi connectivity index (χ4v) is 2.54. The SMILES string of the molecule is Cc1ccc(N(C)CC(=O)N2CCNCC2)c(C)c1. The topological polar surface area (TPSA) is 35.6 Å². The summed E-state index contributed by atoms with van der Waals surface area (Å²) in [6, 6.07) is 6.34. The van der Waals surface area contributed by atoms with Crippen LogP contribution in [0.2, 0.25) is 0 Å². The number of likely N-dealkylation sites (N-methyl/N-ethyl adjacent to an activating group) is 1. The highest BCUT2D eigenvalue weighted by molar-refractivity contribution is 5.81. The molecule has 0 saturated carbocycles. The maximum absolute atomic E-state index is 12.2. The highest BCUT2D eigenvalue weighted by Gasteiger charge is 2.18. The lowest BCUT2D eigenvalue weighted by Gasteiger charge is -2.30. The average molecular weight is 261 g/mol. The van der Waals surface area contributed by atoms with Crippen molar-refractivity contribution in [2.24, 2.45) is 0 Å². The molecule has 104 valence electrons. The molecular weight excluding hydrogens is 238 g/mol. The number of carbonyl (C=O) groups excluding carboxylic acids is 1. The van der Waals surface area contributed by atoms with Crippen molar-refractivity contribution in [3.8, 4) is 0 Å². The molecule has 1 N–H and O–H groups in total. The van der Waals surface area contributed by atoms with Crippen molar-refractivity contribution < 1.29 is 4.79 Å². The second kappa shape index (κ2) is 6.06. The molecule has 0 spiro atoms. The lowest BCUT2D eigenvalue weighted by Crippen LogP contribution is -2.49. The molecule has 1 heterocycles. The molecule has 0 aromatic heterocycles. The van der Waals surface area contributed by atoms with Crippen LogP contribution in [0.15, 0.2) is 18.2 Å². The summed E-state index contributed by atoms with van der Waals surface area (Å²) in [7, 11) is 1.98. The molecule has 1 aliphatic rings. The van der Waals surface area contributed by atoms with Crippen LogP contribution in [0.4, 0.5) is 5.69 Å². The summed E-state index contributed by atoms with van der Waals surface area (Å²) in [5.74, 6) is 0.212. The number of aryl methyl sites for hydroxylation is 2. The smallest absolute Gasteiger partial charge is 0.242 e. The van der Waals surface area contributed by atoms with Gasteiger partial charge in [-0.05, 0) is 25.5 Å². The first-order valence-corrected chi connectivity index (χ1v) is 6.85. The predicted octanol–water partition coefficient (Wildman–Crippen LogP) is 1.17. The molecule has 4 heteroatoms. The van der Waals surface area contributed by atoms with Gasteiger partial charge in [0.2, 0.25) is 5.91 Å². The molecule has 0 bridgehead atoms. The van der Waals surface area contributed by atoms with Crippen molar-refractivity contribution in [3.63, 3.8) is 0 Å². The molecule has 1 amide bonds. The minimum atomic E-state index is 0.212. The molecule has 1 aliphatic heterocycles. The predicted molar refractivity (Wildman–Crippen MR) is 78.6 cm³/mol. The Kier molecular flexibility index (Phi) is 4.43. The summed E-state index contributed by atoms with van der Waals surface area (Å²) in [4.78, 5) is 16.2. The van der Waals surface area contributed by atoms with E-state index >= 15 is 0 Å². The number of benzene rings is 1.